The third-order valence-electron chi connectivity index (χ3n) is 3.48. The highest BCUT2D eigenvalue weighted by Crippen LogP contribution is 2.23. The van der Waals surface area contributed by atoms with Gasteiger partial charge in [0.05, 0.1) is 11.0 Å². The first-order chi connectivity index (χ1) is 8.99. The predicted octanol–water partition coefficient (Wildman–Crippen LogP) is 1.61. The Morgan fingerprint density at radius 1 is 1.26 bits per heavy atom. The van der Waals surface area contributed by atoms with Crippen LogP contribution >= 0.6 is 0 Å². The lowest BCUT2D eigenvalue weighted by Crippen LogP contribution is -2.27. The molecule has 0 saturated heterocycles. The summed E-state index contributed by atoms with van der Waals surface area (Å²) in [4.78, 5) is 0.332. The lowest BCUT2D eigenvalue weighted by atomic mass is 9.92. The Labute approximate surface area is 114 Å². The van der Waals surface area contributed by atoms with E-state index < -0.39 is 16.1 Å². The van der Waals surface area contributed by atoms with Gasteiger partial charge in [-0.15, -0.1) is 0 Å². The highest BCUT2D eigenvalue weighted by atomic mass is 32.2. The summed E-state index contributed by atoms with van der Waals surface area (Å²) in [6.07, 6.45) is 4.26. The van der Waals surface area contributed by atoms with Gasteiger partial charge in [0, 0.05) is 6.54 Å². The zero-order chi connectivity index (χ0) is 13.9. The van der Waals surface area contributed by atoms with E-state index >= 15 is 0 Å². The molecule has 0 heterocycles. The number of aliphatic hydroxyl groups is 1. The van der Waals surface area contributed by atoms with Gasteiger partial charge in [-0.3, -0.25) is 0 Å². The fourth-order valence-electron chi connectivity index (χ4n) is 2.36. The van der Waals surface area contributed by atoms with Crippen LogP contribution in [-0.4, -0.2) is 26.2 Å². The van der Waals surface area contributed by atoms with Gasteiger partial charge in [-0.2, -0.15) is 0 Å². The smallest absolute Gasteiger partial charge is 0.240 e. The average Bonchev–Trinajstić information content (AvgIpc) is 2.37. The van der Waals surface area contributed by atoms with Crippen LogP contribution in [0, 0.1) is 0 Å². The van der Waals surface area contributed by atoms with Gasteiger partial charge in [-0.1, -0.05) is 6.07 Å². The molecule has 0 unspecified atom stereocenters. The van der Waals surface area contributed by atoms with Gasteiger partial charge in [0.2, 0.25) is 10.0 Å². The van der Waals surface area contributed by atoms with E-state index in [2.05, 4.69) is 4.72 Å². The first-order valence-corrected chi connectivity index (χ1v) is 8.27. The van der Waals surface area contributed by atoms with Crippen molar-refractivity contribution in [3.05, 3.63) is 29.3 Å². The van der Waals surface area contributed by atoms with Crippen LogP contribution < -0.4 is 4.72 Å². The minimum atomic E-state index is -3.45. The van der Waals surface area contributed by atoms with E-state index in [9.17, 15) is 8.42 Å². The van der Waals surface area contributed by atoms with E-state index in [0.717, 1.165) is 24.8 Å². The molecule has 0 aromatic heterocycles. The first kappa shape index (κ1) is 14.5. The first-order valence-electron chi connectivity index (χ1n) is 6.78. The predicted molar refractivity (Wildman–Crippen MR) is 74.6 cm³/mol. The van der Waals surface area contributed by atoms with Crippen molar-refractivity contribution in [1.82, 2.24) is 4.72 Å². The Kier molecular flexibility index (Phi) is 4.60. The number of benzene rings is 1. The monoisotopic (exact) mass is 283 g/mol. The maximum atomic E-state index is 12.1. The van der Waals surface area contributed by atoms with Crippen molar-refractivity contribution in [3.63, 3.8) is 0 Å². The van der Waals surface area contributed by atoms with Crippen molar-refractivity contribution in [2.75, 3.05) is 6.54 Å². The second-order valence-electron chi connectivity index (χ2n) is 5.17. The lowest BCUT2D eigenvalue weighted by Gasteiger charge is -2.17. The standard InChI is InChI=1S/C14H21NO3S/c1-11(16)8-9-15-19(17,18)14-7-6-12-4-2-3-5-13(12)10-14/h6-7,10-11,15-16H,2-5,8-9H2,1H3/t11-/m0/s1. The number of hydrogen-bond donors (Lipinski definition) is 2. The molecule has 0 bridgehead atoms. The molecule has 1 atom stereocenters. The topological polar surface area (TPSA) is 66.4 Å². The van der Waals surface area contributed by atoms with Crippen LogP contribution in [0.4, 0.5) is 0 Å². The fraction of sp³-hybridized carbons (Fsp3) is 0.571. The number of aryl methyl sites for hydroxylation is 2. The molecule has 2 N–H and O–H groups in total. The van der Waals surface area contributed by atoms with Crippen LogP contribution in [0.3, 0.4) is 0 Å². The molecule has 0 saturated carbocycles. The molecule has 1 aromatic carbocycles. The number of aliphatic hydroxyl groups excluding tert-OH is 1. The summed E-state index contributed by atoms with van der Waals surface area (Å²) in [6.45, 7) is 1.91. The Hall–Kier alpha value is -0.910. The van der Waals surface area contributed by atoms with Crippen LogP contribution in [0.2, 0.25) is 0 Å². The Morgan fingerprint density at radius 2 is 1.95 bits per heavy atom. The quantitative estimate of drug-likeness (QED) is 0.863. The molecular formula is C14H21NO3S. The van der Waals surface area contributed by atoms with Crippen LogP contribution in [0.15, 0.2) is 23.1 Å². The Bertz CT molecular complexity index is 538. The van der Waals surface area contributed by atoms with E-state index in [-0.39, 0.29) is 6.54 Å². The SMILES string of the molecule is C[C@H](O)CCNS(=O)(=O)c1ccc2c(c1)CCCC2. The number of nitrogens with one attached hydrogen (secondary N) is 1. The lowest BCUT2D eigenvalue weighted by molar-refractivity contribution is 0.186. The molecule has 1 aliphatic rings. The normalized spacial score (nSPS) is 16.9. The maximum Gasteiger partial charge on any atom is 0.240 e. The minimum Gasteiger partial charge on any atom is -0.393 e. The van der Waals surface area contributed by atoms with Crippen LogP contribution in [0.1, 0.15) is 37.3 Å². The van der Waals surface area contributed by atoms with E-state index in [4.69, 9.17) is 5.11 Å². The number of fused-ring (bicyclic) bond motifs is 1. The molecule has 2 rings (SSSR count). The molecule has 0 fully saturated rings. The molecule has 106 valence electrons. The van der Waals surface area contributed by atoms with Crippen molar-refractivity contribution < 1.29 is 13.5 Å². The van der Waals surface area contributed by atoms with Crippen molar-refractivity contribution in [2.24, 2.45) is 0 Å². The molecule has 1 aromatic rings. The summed E-state index contributed by atoms with van der Waals surface area (Å²) in [5, 5.41) is 9.14. The Morgan fingerprint density at radius 3 is 2.63 bits per heavy atom. The molecule has 0 spiro atoms. The molecule has 4 nitrogen and oxygen atoms in total. The van der Waals surface area contributed by atoms with Gasteiger partial charge in [0.15, 0.2) is 0 Å². The molecule has 0 aliphatic heterocycles. The highest BCUT2D eigenvalue weighted by Gasteiger charge is 2.17. The van der Waals surface area contributed by atoms with Gasteiger partial charge < -0.3 is 5.11 Å². The summed E-state index contributed by atoms with van der Waals surface area (Å²) < 4.78 is 26.7. The van der Waals surface area contributed by atoms with E-state index in [0.29, 0.717) is 11.3 Å². The van der Waals surface area contributed by atoms with Gasteiger partial charge in [0.25, 0.3) is 0 Å². The number of rotatable bonds is 5. The van der Waals surface area contributed by atoms with Gasteiger partial charge in [0.1, 0.15) is 0 Å². The largest absolute Gasteiger partial charge is 0.393 e. The van der Waals surface area contributed by atoms with E-state index in [1.807, 2.05) is 6.07 Å². The highest BCUT2D eigenvalue weighted by molar-refractivity contribution is 7.89. The van der Waals surface area contributed by atoms with Crippen molar-refractivity contribution in [1.29, 1.82) is 0 Å². The fourth-order valence-corrected chi connectivity index (χ4v) is 3.46. The van der Waals surface area contributed by atoms with Gasteiger partial charge in [-0.25, -0.2) is 13.1 Å². The van der Waals surface area contributed by atoms with E-state index in [1.165, 1.54) is 12.0 Å². The zero-order valence-electron chi connectivity index (χ0n) is 11.2. The van der Waals surface area contributed by atoms with Crippen molar-refractivity contribution in [2.45, 2.75) is 50.0 Å². The van der Waals surface area contributed by atoms with Crippen LogP contribution in [0.5, 0.6) is 0 Å². The molecule has 19 heavy (non-hydrogen) atoms. The molecule has 0 radical (unpaired) electrons. The summed E-state index contributed by atoms with van der Waals surface area (Å²) in [6, 6.07) is 5.39. The second kappa shape index (κ2) is 6.03. The van der Waals surface area contributed by atoms with Gasteiger partial charge in [-0.05, 0) is 62.3 Å². The van der Waals surface area contributed by atoms with Crippen molar-refractivity contribution >= 4 is 10.0 Å². The Balaban J connectivity index is 2.12. The minimum absolute atomic E-state index is 0.261. The van der Waals surface area contributed by atoms with Crippen LogP contribution in [-0.2, 0) is 22.9 Å². The summed E-state index contributed by atoms with van der Waals surface area (Å²) >= 11 is 0. The van der Waals surface area contributed by atoms with E-state index in [1.54, 1.807) is 19.1 Å². The van der Waals surface area contributed by atoms with Crippen LogP contribution in [0.25, 0.3) is 0 Å². The summed E-state index contributed by atoms with van der Waals surface area (Å²) in [7, 11) is -3.45. The average molecular weight is 283 g/mol. The maximum absolute atomic E-state index is 12.1. The number of hydrogen-bond acceptors (Lipinski definition) is 3. The number of sulfonamides is 1. The molecular weight excluding hydrogens is 262 g/mol. The van der Waals surface area contributed by atoms with Gasteiger partial charge >= 0.3 is 0 Å². The van der Waals surface area contributed by atoms with Crippen molar-refractivity contribution in [3.8, 4) is 0 Å². The summed E-state index contributed by atoms with van der Waals surface area (Å²) in [5.74, 6) is 0. The summed E-state index contributed by atoms with van der Waals surface area (Å²) in [5.41, 5.74) is 2.43. The third kappa shape index (κ3) is 3.78. The molecule has 5 heteroatoms. The zero-order valence-corrected chi connectivity index (χ0v) is 12.0. The molecule has 0 amide bonds. The second-order valence-corrected chi connectivity index (χ2v) is 6.94. The third-order valence-corrected chi connectivity index (χ3v) is 4.94. The molecule has 1 aliphatic carbocycles.